The fourth-order valence-electron chi connectivity index (χ4n) is 3.12. The molecule has 0 atom stereocenters. The van der Waals surface area contributed by atoms with Crippen molar-refractivity contribution in [3.63, 3.8) is 0 Å². The molecule has 2 aromatic heterocycles. The number of hydrogen-bond acceptors (Lipinski definition) is 6. The zero-order valence-electron chi connectivity index (χ0n) is 13.9. The van der Waals surface area contributed by atoms with Crippen LogP contribution in [0, 0.1) is 0 Å². The van der Waals surface area contributed by atoms with Crippen molar-refractivity contribution >= 4 is 27.5 Å². The highest BCUT2D eigenvalue weighted by Crippen LogP contribution is 2.40. The quantitative estimate of drug-likeness (QED) is 0.644. The van der Waals surface area contributed by atoms with Crippen LogP contribution < -0.4 is 4.74 Å². The Labute approximate surface area is 149 Å². The van der Waals surface area contributed by atoms with Crippen molar-refractivity contribution in [2.24, 2.45) is 0 Å². The molecule has 5 nitrogen and oxygen atoms in total. The summed E-state index contributed by atoms with van der Waals surface area (Å²) in [4.78, 5) is 22.9. The number of aromatic nitrogens is 2. The van der Waals surface area contributed by atoms with Crippen molar-refractivity contribution in [3.05, 3.63) is 46.6 Å². The van der Waals surface area contributed by atoms with Gasteiger partial charge in [0, 0.05) is 4.88 Å². The Kier molecular flexibility index (Phi) is 4.36. The van der Waals surface area contributed by atoms with E-state index < -0.39 is 0 Å². The van der Waals surface area contributed by atoms with Crippen LogP contribution in [0.4, 0.5) is 0 Å². The summed E-state index contributed by atoms with van der Waals surface area (Å²) < 4.78 is 11.0. The van der Waals surface area contributed by atoms with Gasteiger partial charge in [-0.1, -0.05) is 0 Å². The van der Waals surface area contributed by atoms with E-state index in [1.165, 1.54) is 23.3 Å². The van der Waals surface area contributed by atoms with E-state index in [2.05, 4.69) is 9.97 Å². The number of hydrogen-bond donors (Lipinski definition) is 0. The van der Waals surface area contributed by atoms with Gasteiger partial charge < -0.3 is 9.47 Å². The molecular formula is C19H18N2O3S. The Morgan fingerprint density at radius 2 is 1.96 bits per heavy atom. The number of ether oxygens (including phenoxy) is 2. The van der Waals surface area contributed by atoms with Crippen molar-refractivity contribution in [1.29, 1.82) is 0 Å². The molecule has 0 amide bonds. The van der Waals surface area contributed by atoms with E-state index in [0.29, 0.717) is 23.8 Å². The summed E-state index contributed by atoms with van der Waals surface area (Å²) >= 11 is 1.74. The molecule has 1 aromatic carbocycles. The third-order valence-electron chi connectivity index (χ3n) is 4.30. The lowest BCUT2D eigenvalue weighted by molar-refractivity contribution is 0.0526. The fraction of sp³-hybridized carbons (Fsp3) is 0.316. The molecule has 0 saturated heterocycles. The van der Waals surface area contributed by atoms with E-state index >= 15 is 0 Å². The Balaban J connectivity index is 1.64. The first kappa shape index (κ1) is 16.0. The highest BCUT2D eigenvalue weighted by Gasteiger charge is 2.21. The summed E-state index contributed by atoms with van der Waals surface area (Å²) in [6.45, 7) is 2.15. The number of fused-ring (bicyclic) bond motifs is 3. The van der Waals surface area contributed by atoms with Crippen molar-refractivity contribution in [1.82, 2.24) is 9.97 Å². The second-order valence-electron chi connectivity index (χ2n) is 5.92. The largest absolute Gasteiger partial charge is 0.462 e. The van der Waals surface area contributed by atoms with Gasteiger partial charge in [-0.05, 0) is 62.4 Å². The molecule has 0 N–H and O–H groups in total. The molecule has 0 radical (unpaired) electrons. The van der Waals surface area contributed by atoms with Crippen molar-refractivity contribution in [2.45, 2.75) is 32.6 Å². The number of thiophene rings is 1. The molecule has 0 spiro atoms. The number of benzene rings is 1. The van der Waals surface area contributed by atoms with Gasteiger partial charge in [-0.15, -0.1) is 11.3 Å². The highest BCUT2D eigenvalue weighted by molar-refractivity contribution is 7.18. The van der Waals surface area contributed by atoms with Crippen molar-refractivity contribution in [2.75, 3.05) is 6.61 Å². The molecular weight excluding hydrogens is 336 g/mol. The summed E-state index contributed by atoms with van der Waals surface area (Å²) in [6.07, 6.45) is 6.15. The van der Waals surface area contributed by atoms with E-state index in [1.807, 2.05) is 0 Å². The van der Waals surface area contributed by atoms with Crippen LogP contribution in [0.1, 0.15) is 40.6 Å². The average molecular weight is 354 g/mol. The average Bonchev–Trinajstić information content (AvgIpc) is 3.02. The normalized spacial score (nSPS) is 13.5. The standard InChI is InChI=1S/C19H18N2O3S/c1-2-23-19(22)12-7-9-13(10-8-12)24-17-16-14-5-3-4-6-15(14)25-18(16)21-11-20-17/h7-11H,2-6H2,1H3. The number of nitrogens with zero attached hydrogens (tertiary/aromatic N) is 2. The summed E-state index contributed by atoms with van der Waals surface area (Å²) in [6, 6.07) is 6.93. The highest BCUT2D eigenvalue weighted by atomic mass is 32.1. The molecule has 4 rings (SSSR count). The van der Waals surface area contributed by atoms with Gasteiger partial charge in [-0.3, -0.25) is 0 Å². The molecule has 0 bridgehead atoms. The third kappa shape index (κ3) is 3.09. The molecule has 3 aromatic rings. The van der Waals surface area contributed by atoms with Gasteiger partial charge >= 0.3 is 5.97 Å². The van der Waals surface area contributed by atoms with Crippen LogP contribution >= 0.6 is 11.3 Å². The topological polar surface area (TPSA) is 61.3 Å². The molecule has 0 fully saturated rings. The molecule has 25 heavy (non-hydrogen) atoms. The molecule has 0 saturated carbocycles. The SMILES string of the molecule is CCOC(=O)c1ccc(Oc2ncnc3sc4c(c23)CCCC4)cc1. The van der Waals surface area contributed by atoms with E-state index in [-0.39, 0.29) is 5.97 Å². The number of rotatable bonds is 4. The van der Waals surface area contributed by atoms with Gasteiger partial charge in [0.25, 0.3) is 0 Å². The maximum atomic E-state index is 11.7. The number of esters is 1. The summed E-state index contributed by atoms with van der Waals surface area (Å²) in [5.74, 6) is 0.905. The molecule has 128 valence electrons. The molecule has 6 heteroatoms. The predicted octanol–water partition coefficient (Wildman–Crippen LogP) is 4.54. The minimum absolute atomic E-state index is 0.328. The molecule has 0 unspecified atom stereocenters. The van der Waals surface area contributed by atoms with Crippen LogP contribution in [0.25, 0.3) is 10.2 Å². The summed E-state index contributed by atoms with van der Waals surface area (Å²) in [7, 11) is 0. The fourth-order valence-corrected chi connectivity index (χ4v) is 4.34. The van der Waals surface area contributed by atoms with Crippen molar-refractivity contribution < 1.29 is 14.3 Å². The van der Waals surface area contributed by atoms with E-state index in [0.717, 1.165) is 23.1 Å². The van der Waals surface area contributed by atoms with Crippen LogP contribution in [0.3, 0.4) is 0 Å². The lowest BCUT2D eigenvalue weighted by Gasteiger charge is -2.12. The predicted molar refractivity (Wildman–Crippen MR) is 96.5 cm³/mol. The number of carbonyl (C=O) groups is 1. The minimum atomic E-state index is -0.328. The Morgan fingerprint density at radius 3 is 2.76 bits per heavy atom. The maximum absolute atomic E-state index is 11.7. The van der Waals surface area contributed by atoms with Gasteiger partial charge in [0.2, 0.25) is 5.88 Å². The first-order valence-electron chi connectivity index (χ1n) is 8.46. The second-order valence-corrected chi connectivity index (χ2v) is 7.00. The van der Waals surface area contributed by atoms with Gasteiger partial charge in [0.15, 0.2) is 0 Å². The number of aryl methyl sites for hydroxylation is 2. The minimum Gasteiger partial charge on any atom is -0.462 e. The maximum Gasteiger partial charge on any atom is 0.338 e. The smallest absolute Gasteiger partial charge is 0.338 e. The monoisotopic (exact) mass is 354 g/mol. The van der Waals surface area contributed by atoms with Crippen molar-refractivity contribution in [3.8, 4) is 11.6 Å². The second kappa shape index (κ2) is 6.80. The zero-order valence-corrected chi connectivity index (χ0v) is 14.8. The van der Waals surface area contributed by atoms with Gasteiger partial charge in [0.1, 0.15) is 16.9 Å². The Morgan fingerprint density at radius 1 is 1.16 bits per heavy atom. The van der Waals surface area contributed by atoms with Gasteiger partial charge in [-0.25, -0.2) is 14.8 Å². The van der Waals surface area contributed by atoms with Crippen LogP contribution in [0.5, 0.6) is 11.6 Å². The van der Waals surface area contributed by atoms with E-state index in [9.17, 15) is 4.79 Å². The van der Waals surface area contributed by atoms with Crippen LogP contribution in [-0.2, 0) is 17.6 Å². The molecule has 2 heterocycles. The Hall–Kier alpha value is -2.47. The van der Waals surface area contributed by atoms with E-state index in [1.54, 1.807) is 48.9 Å². The van der Waals surface area contributed by atoms with Gasteiger partial charge in [0.05, 0.1) is 17.6 Å². The third-order valence-corrected chi connectivity index (χ3v) is 5.50. The number of carbonyl (C=O) groups excluding carboxylic acids is 1. The van der Waals surface area contributed by atoms with Crippen LogP contribution in [0.2, 0.25) is 0 Å². The molecule has 1 aliphatic carbocycles. The molecule has 1 aliphatic rings. The van der Waals surface area contributed by atoms with Crippen LogP contribution in [-0.4, -0.2) is 22.5 Å². The van der Waals surface area contributed by atoms with Gasteiger partial charge in [-0.2, -0.15) is 0 Å². The summed E-state index contributed by atoms with van der Waals surface area (Å²) in [5.41, 5.74) is 1.85. The zero-order chi connectivity index (χ0) is 17.2. The summed E-state index contributed by atoms with van der Waals surface area (Å²) in [5, 5.41) is 1.04. The lowest BCUT2D eigenvalue weighted by atomic mass is 9.97. The first-order valence-corrected chi connectivity index (χ1v) is 9.28. The Bertz CT molecular complexity index is 918. The van der Waals surface area contributed by atoms with E-state index in [4.69, 9.17) is 9.47 Å². The molecule has 0 aliphatic heterocycles. The lowest BCUT2D eigenvalue weighted by Crippen LogP contribution is -2.04. The first-order chi connectivity index (χ1) is 12.3. The van der Waals surface area contributed by atoms with Crippen LogP contribution in [0.15, 0.2) is 30.6 Å².